The number of furan rings is 1. The summed E-state index contributed by atoms with van der Waals surface area (Å²) in [5, 5.41) is 11.9. The zero-order chi connectivity index (χ0) is 63.2. The van der Waals surface area contributed by atoms with Gasteiger partial charge < -0.3 is 14.2 Å². The first-order valence-corrected chi connectivity index (χ1v) is 33.0. The number of nitrogens with zero attached hydrogens (tertiary/aromatic N) is 2. The number of rotatable bonds is 8. The van der Waals surface area contributed by atoms with E-state index in [1.165, 1.54) is 110 Å². The van der Waals surface area contributed by atoms with Crippen LogP contribution in [0.25, 0.3) is 110 Å². The summed E-state index contributed by atoms with van der Waals surface area (Å²) in [5.74, 6) is 0. The van der Waals surface area contributed by atoms with Gasteiger partial charge in [-0.05, 0) is 211 Å². The number of anilines is 6. The van der Waals surface area contributed by atoms with Crippen LogP contribution in [0, 0.1) is 0 Å². The molecule has 18 rings (SSSR count). The van der Waals surface area contributed by atoms with Gasteiger partial charge in [-0.2, -0.15) is 0 Å². The van der Waals surface area contributed by atoms with Crippen molar-refractivity contribution < 1.29 is 4.42 Å². The van der Waals surface area contributed by atoms with Crippen LogP contribution in [0.2, 0.25) is 0 Å². The van der Waals surface area contributed by atoms with Gasteiger partial charge in [-0.3, -0.25) is 0 Å². The molecule has 448 valence electrons. The second kappa shape index (κ2) is 20.9. The van der Waals surface area contributed by atoms with Crippen molar-refractivity contribution in [2.45, 2.75) is 57.8 Å². The maximum absolute atomic E-state index is 7.63. The van der Waals surface area contributed by atoms with Crippen molar-refractivity contribution in [1.29, 1.82) is 0 Å². The Morgan fingerprint density at radius 1 is 0.298 bits per heavy atom. The Morgan fingerprint density at radius 3 is 1.28 bits per heavy atom. The maximum atomic E-state index is 7.63. The zero-order valence-corrected chi connectivity index (χ0v) is 53.7. The molecule has 1 spiro atoms. The lowest BCUT2D eigenvalue weighted by atomic mass is 9.69. The number of benzene rings is 15. The van der Waals surface area contributed by atoms with Crippen molar-refractivity contribution >= 4 is 99.2 Å². The summed E-state index contributed by atoms with van der Waals surface area (Å²) in [6.07, 6.45) is 0. The average Bonchev–Trinajstić information content (AvgIpc) is 1.49. The SMILES string of the molecule is CC(C)(C)c1ccc(N(c2ccc(-c3ccc4ccccc4c3)cc2)c2ccc3c4c(c5ccccc5c3c2)-c2c(cc(N(c3ccc(-c5ccc6ccccc6c5)cc3)c3ccc(C(C)(C)C)cc3)c3c2oc2ccccc23)C42c3ccccc3-c3ccccc32)cc1. The van der Waals surface area contributed by atoms with Crippen LogP contribution in [0.3, 0.4) is 0 Å². The summed E-state index contributed by atoms with van der Waals surface area (Å²) < 4.78 is 7.63. The molecule has 0 saturated carbocycles. The van der Waals surface area contributed by atoms with E-state index in [0.717, 1.165) is 67.2 Å². The van der Waals surface area contributed by atoms with Gasteiger partial charge in [0.2, 0.25) is 0 Å². The molecular weight excluding hydrogens is 1140 g/mol. The standard InChI is InChI=1S/C91H68N2O/c1-89(2,3)65-39-47-68(48-40-65)92(67-43-35-59(36-44-67)63-33-31-57-19-7-9-21-61(57)53-63)71-51-52-76-78(55-71)72-23-11-12-26-75(72)85-86-81(91(87(76)85)79-28-16-13-24-73(79)74-25-14-17-29-80(74)91)56-82(84-77-27-15-18-30-83(77)94-88(84)86)93(70-49-41-66(42-50-70)90(4,5)6)69-45-37-60(38-46-69)64-34-32-58-20-8-10-22-62(58)54-64/h7-56H,1-6H3. The van der Waals surface area contributed by atoms with Crippen LogP contribution >= 0.6 is 0 Å². The van der Waals surface area contributed by atoms with Crippen LogP contribution in [0.1, 0.15) is 74.9 Å². The molecule has 0 unspecified atom stereocenters. The van der Waals surface area contributed by atoms with Crippen LogP contribution in [-0.2, 0) is 16.2 Å². The smallest absolute Gasteiger partial charge is 0.145 e. The Hall–Kier alpha value is -11.3. The molecule has 16 aromatic rings. The van der Waals surface area contributed by atoms with Gasteiger partial charge in [0.25, 0.3) is 0 Å². The molecule has 0 amide bonds. The van der Waals surface area contributed by atoms with Crippen molar-refractivity contribution in [1.82, 2.24) is 0 Å². The van der Waals surface area contributed by atoms with E-state index in [2.05, 4.69) is 355 Å². The highest BCUT2D eigenvalue weighted by atomic mass is 16.3. The van der Waals surface area contributed by atoms with Crippen molar-refractivity contribution in [3.05, 3.63) is 337 Å². The number of fused-ring (bicyclic) bond motifs is 21. The molecule has 0 atom stereocenters. The second-order valence-corrected chi connectivity index (χ2v) is 28.0. The molecule has 94 heavy (non-hydrogen) atoms. The van der Waals surface area contributed by atoms with E-state index in [4.69, 9.17) is 4.42 Å². The second-order valence-electron chi connectivity index (χ2n) is 28.0. The van der Waals surface area contributed by atoms with E-state index >= 15 is 0 Å². The maximum Gasteiger partial charge on any atom is 0.145 e. The summed E-state index contributed by atoms with van der Waals surface area (Å²) in [6, 6.07) is 114. The topological polar surface area (TPSA) is 19.6 Å². The predicted octanol–water partition coefficient (Wildman–Crippen LogP) is 25.4. The highest BCUT2D eigenvalue weighted by molar-refractivity contribution is 6.26. The van der Waals surface area contributed by atoms with Crippen molar-refractivity contribution in [3.8, 4) is 44.5 Å². The third kappa shape index (κ3) is 8.50. The summed E-state index contributed by atoms with van der Waals surface area (Å²) in [4.78, 5) is 4.95. The van der Waals surface area contributed by atoms with E-state index in [0.29, 0.717) is 0 Å². The van der Waals surface area contributed by atoms with E-state index in [9.17, 15) is 0 Å². The van der Waals surface area contributed by atoms with Gasteiger partial charge in [-0.15, -0.1) is 0 Å². The van der Waals surface area contributed by atoms with Crippen molar-refractivity contribution in [2.75, 3.05) is 9.80 Å². The number of hydrogen-bond donors (Lipinski definition) is 0. The third-order valence-corrected chi connectivity index (χ3v) is 20.5. The van der Waals surface area contributed by atoms with Gasteiger partial charge in [0.05, 0.1) is 16.5 Å². The van der Waals surface area contributed by atoms with Gasteiger partial charge in [0, 0.05) is 39.4 Å². The fourth-order valence-electron chi connectivity index (χ4n) is 15.9. The summed E-state index contributed by atoms with van der Waals surface area (Å²) in [6.45, 7) is 13.8. The lowest BCUT2D eigenvalue weighted by Crippen LogP contribution is -2.26. The minimum Gasteiger partial charge on any atom is -0.455 e. The molecule has 1 heterocycles. The fraction of sp³-hybridized carbons (Fsp3) is 0.0989. The molecule has 0 bridgehead atoms. The van der Waals surface area contributed by atoms with E-state index < -0.39 is 5.41 Å². The summed E-state index contributed by atoms with van der Waals surface area (Å²) >= 11 is 0. The van der Waals surface area contributed by atoms with Crippen LogP contribution in [0.15, 0.2) is 308 Å². The van der Waals surface area contributed by atoms with E-state index in [-0.39, 0.29) is 10.8 Å². The highest BCUT2D eigenvalue weighted by Crippen LogP contribution is 2.68. The largest absolute Gasteiger partial charge is 0.455 e. The molecule has 0 radical (unpaired) electrons. The van der Waals surface area contributed by atoms with Crippen LogP contribution < -0.4 is 9.80 Å². The molecule has 15 aromatic carbocycles. The molecule has 2 aliphatic carbocycles. The lowest BCUT2D eigenvalue weighted by molar-refractivity contribution is 0.590. The van der Waals surface area contributed by atoms with Gasteiger partial charge in [-0.25, -0.2) is 0 Å². The first-order chi connectivity index (χ1) is 45.9. The number of hydrogen-bond acceptors (Lipinski definition) is 3. The monoisotopic (exact) mass is 1200 g/mol. The molecule has 0 N–H and O–H groups in total. The fourth-order valence-corrected chi connectivity index (χ4v) is 15.9. The zero-order valence-electron chi connectivity index (χ0n) is 53.7. The number of para-hydroxylation sites is 1. The first-order valence-electron chi connectivity index (χ1n) is 33.0. The lowest BCUT2D eigenvalue weighted by Gasteiger charge is -2.33. The summed E-state index contributed by atoms with van der Waals surface area (Å²) in [5.41, 5.74) is 24.5. The Balaban J connectivity index is 0.906. The third-order valence-electron chi connectivity index (χ3n) is 20.5. The molecule has 3 nitrogen and oxygen atoms in total. The Kier molecular flexibility index (Phi) is 12.3. The van der Waals surface area contributed by atoms with Crippen LogP contribution in [0.5, 0.6) is 0 Å². The highest BCUT2D eigenvalue weighted by Gasteiger charge is 2.54. The molecule has 0 saturated heterocycles. The average molecular weight is 1210 g/mol. The van der Waals surface area contributed by atoms with Gasteiger partial charge >= 0.3 is 0 Å². The predicted molar refractivity (Wildman–Crippen MR) is 398 cm³/mol. The normalized spacial score (nSPS) is 13.1. The quantitative estimate of drug-likeness (QED) is 0.141. The molecular formula is C91H68N2O. The molecule has 1 aromatic heterocycles. The first kappa shape index (κ1) is 55.6. The van der Waals surface area contributed by atoms with Crippen LogP contribution in [-0.4, -0.2) is 0 Å². The van der Waals surface area contributed by atoms with Gasteiger partial charge in [-0.1, -0.05) is 260 Å². The Bertz CT molecular complexity index is 5690. The van der Waals surface area contributed by atoms with Crippen LogP contribution in [0.4, 0.5) is 34.1 Å². The summed E-state index contributed by atoms with van der Waals surface area (Å²) in [7, 11) is 0. The molecule has 2 aliphatic rings. The van der Waals surface area contributed by atoms with Gasteiger partial charge in [0.15, 0.2) is 0 Å². The Labute approximate surface area is 549 Å². The van der Waals surface area contributed by atoms with Crippen molar-refractivity contribution in [3.63, 3.8) is 0 Å². The van der Waals surface area contributed by atoms with E-state index in [1.807, 2.05) is 0 Å². The minimum atomic E-state index is -0.785. The molecule has 3 heteroatoms. The van der Waals surface area contributed by atoms with E-state index in [1.54, 1.807) is 0 Å². The van der Waals surface area contributed by atoms with Gasteiger partial charge in [0.1, 0.15) is 11.2 Å². The van der Waals surface area contributed by atoms with Crippen molar-refractivity contribution in [2.24, 2.45) is 0 Å². The minimum absolute atomic E-state index is 0.00662. The molecule has 0 aliphatic heterocycles. The molecule has 0 fully saturated rings. The Morgan fingerprint density at radius 2 is 0.734 bits per heavy atom.